The van der Waals surface area contributed by atoms with E-state index in [1.165, 1.54) is 0 Å². The zero-order chi connectivity index (χ0) is 14.5. The molecule has 20 heavy (non-hydrogen) atoms. The fourth-order valence-corrected chi connectivity index (χ4v) is 2.49. The zero-order valence-electron chi connectivity index (χ0n) is 12.5. The van der Waals surface area contributed by atoms with Crippen LogP contribution in [0.1, 0.15) is 19.4 Å². The second kappa shape index (κ2) is 6.57. The molecule has 4 nitrogen and oxygen atoms in total. The van der Waals surface area contributed by atoms with E-state index < -0.39 is 0 Å². The lowest BCUT2D eigenvalue weighted by molar-refractivity contribution is 0.316. The van der Waals surface area contributed by atoms with E-state index in [-0.39, 0.29) is 5.56 Å². The Kier molecular flexibility index (Phi) is 4.79. The predicted octanol–water partition coefficient (Wildman–Crippen LogP) is 2.59. The number of hydrogen-bond donors (Lipinski definition) is 2. The molecule has 2 rings (SSSR count). The van der Waals surface area contributed by atoms with Gasteiger partial charge in [-0.15, -0.1) is 0 Å². The molecule has 4 heteroatoms. The summed E-state index contributed by atoms with van der Waals surface area (Å²) in [5, 5.41) is 4.52. The predicted molar refractivity (Wildman–Crippen MR) is 85.6 cm³/mol. The van der Waals surface area contributed by atoms with Crippen LogP contribution in [0, 0.1) is 6.92 Å². The van der Waals surface area contributed by atoms with Crippen molar-refractivity contribution in [2.45, 2.75) is 20.8 Å². The Morgan fingerprint density at radius 2 is 2.00 bits per heavy atom. The van der Waals surface area contributed by atoms with Crippen molar-refractivity contribution in [3.8, 4) is 0 Å². The molecule has 0 aliphatic carbocycles. The van der Waals surface area contributed by atoms with Crippen molar-refractivity contribution in [2.75, 3.05) is 31.5 Å². The van der Waals surface area contributed by atoms with Gasteiger partial charge in [-0.3, -0.25) is 4.79 Å². The van der Waals surface area contributed by atoms with Crippen molar-refractivity contribution in [1.29, 1.82) is 0 Å². The molecule has 2 aromatic rings. The summed E-state index contributed by atoms with van der Waals surface area (Å²) in [4.78, 5) is 16.9. The number of aromatic amines is 1. The lowest BCUT2D eigenvalue weighted by Crippen LogP contribution is -2.28. The fourth-order valence-electron chi connectivity index (χ4n) is 2.49. The van der Waals surface area contributed by atoms with Gasteiger partial charge in [-0.05, 0) is 31.6 Å². The Morgan fingerprint density at radius 3 is 2.70 bits per heavy atom. The van der Waals surface area contributed by atoms with Crippen molar-refractivity contribution < 1.29 is 0 Å². The number of likely N-dealkylation sites (N-methyl/N-ethyl adjacent to an activating group) is 1. The molecular weight excluding hydrogens is 250 g/mol. The highest BCUT2D eigenvalue weighted by atomic mass is 16.1. The van der Waals surface area contributed by atoms with Crippen molar-refractivity contribution in [1.82, 2.24) is 9.88 Å². The molecule has 0 saturated heterocycles. The van der Waals surface area contributed by atoms with E-state index in [0.29, 0.717) is 0 Å². The summed E-state index contributed by atoms with van der Waals surface area (Å²) in [6.45, 7) is 10.3. The van der Waals surface area contributed by atoms with Crippen LogP contribution < -0.4 is 10.9 Å². The average molecular weight is 273 g/mol. The van der Waals surface area contributed by atoms with Crippen LogP contribution in [-0.2, 0) is 0 Å². The summed E-state index contributed by atoms with van der Waals surface area (Å²) < 4.78 is 0. The Morgan fingerprint density at radius 1 is 1.25 bits per heavy atom. The van der Waals surface area contributed by atoms with Gasteiger partial charge in [0.1, 0.15) is 0 Å². The van der Waals surface area contributed by atoms with E-state index in [1.807, 2.05) is 25.1 Å². The normalized spacial score (nSPS) is 11.2. The van der Waals surface area contributed by atoms with Crippen LogP contribution in [0.15, 0.2) is 29.1 Å². The average Bonchev–Trinajstić information content (AvgIpc) is 2.44. The number of anilines is 1. The maximum Gasteiger partial charge on any atom is 0.248 e. The second-order valence-corrected chi connectivity index (χ2v) is 5.00. The number of benzene rings is 1. The summed E-state index contributed by atoms with van der Waals surface area (Å²) in [5.74, 6) is 0. The summed E-state index contributed by atoms with van der Waals surface area (Å²) in [6, 6.07) is 7.71. The Balaban J connectivity index is 2.20. The van der Waals surface area contributed by atoms with Crippen LogP contribution >= 0.6 is 0 Å². The van der Waals surface area contributed by atoms with E-state index in [2.05, 4.69) is 29.0 Å². The Hall–Kier alpha value is -1.81. The number of nitrogens with zero attached hydrogens (tertiary/aromatic N) is 1. The molecule has 1 aromatic heterocycles. The van der Waals surface area contributed by atoms with Crippen molar-refractivity contribution in [3.63, 3.8) is 0 Å². The first-order valence-corrected chi connectivity index (χ1v) is 7.24. The first-order chi connectivity index (χ1) is 9.65. The molecule has 108 valence electrons. The number of fused-ring (bicyclic) bond motifs is 1. The van der Waals surface area contributed by atoms with Crippen LogP contribution in [0.4, 0.5) is 5.69 Å². The highest BCUT2D eigenvalue weighted by Crippen LogP contribution is 2.22. The second-order valence-electron chi connectivity index (χ2n) is 5.00. The third-order valence-electron chi connectivity index (χ3n) is 3.72. The lowest BCUT2D eigenvalue weighted by Gasteiger charge is -2.19. The van der Waals surface area contributed by atoms with Crippen LogP contribution in [0.2, 0.25) is 0 Å². The number of H-pyrrole nitrogens is 1. The summed E-state index contributed by atoms with van der Waals surface area (Å²) >= 11 is 0. The number of pyridine rings is 1. The minimum absolute atomic E-state index is 0.0482. The van der Waals surface area contributed by atoms with Gasteiger partial charge >= 0.3 is 0 Å². The van der Waals surface area contributed by atoms with Crippen LogP contribution in [-0.4, -0.2) is 36.1 Å². The quantitative estimate of drug-likeness (QED) is 0.850. The van der Waals surface area contributed by atoms with Crippen LogP contribution in [0.5, 0.6) is 0 Å². The van der Waals surface area contributed by atoms with Crippen molar-refractivity contribution in [3.05, 3.63) is 40.2 Å². The highest BCUT2D eigenvalue weighted by Gasteiger charge is 2.05. The minimum atomic E-state index is -0.0482. The number of hydrogen-bond acceptors (Lipinski definition) is 3. The molecule has 0 fully saturated rings. The largest absolute Gasteiger partial charge is 0.382 e. The van der Waals surface area contributed by atoms with Crippen LogP contribution in [0.25, 0.3) is 10.9 Å². The third kappa shape index (κ3) is 3.20. The van der Waals surface area contributed by atoms with E-state index in [4.69, 9.17) is 0 Å². The van der Waals surface area contributed by atoms with Gasteiger partial charge in [-0.1, -0.05) is 26.0 Å². The number of rotatable bonds is 6. The van der Waals surface area contributed by atoms with Gasteiger partial charge in [0.05, 0.1) is 11.2 Å². The molecule has 1 heterocycles. The molecule has 0 unspecified atom stereocenters. The van der Waals surface area contributed by atoms with E-state index >= 15 is 0 Å². The van der Waals surface area contributed by atoms with E-state index in [0.717, 1.165) is 48.3 Å². The topological polar surface area (TPSA) is 48.1 Å². The number of nitrogens with one attached hydrogen (secondary N) is 2. The molecular formula is C16H23N3O. The van der Waals surface area contributed by atoms with Gasteiger partial charge in [0.15, 0.2) is 0 Å². The van der Waals surface area contributed by atoms with Gasteiger partial charge in [0, 0.05) is 24.5 Å². The molecule has 0 spiro atoms. The van der Waals surface area contributed by atoms with Gasteiger partial charge in [0.2, 0.25) is 5.56 Å². The maximum atomic E-state index is 11.6. The van der Waals surface area contributed by atoms with Gasteiger partial charge in [-0.25, -0.2) is 0 Å². The molecule has 0 amide bonds. The third-order valence-corrected chi connectivity index (χ3v) is 3.72. The first-order valence-electron chi connectivity index (χ1n) is 7.24. The van der Waals surface area contributed by atoms with Gasteiger partial charge < -0.3 is 15.2 Å². The molecule has 0 saturated carbocycles. The molecule has 0 bridgehead atoms. The SMILES string of the molecule is CCN(CC)CCNc1cccc2c(C)cc(=O)[nH]c12. The molecule has 2 N–H and O–H groups in total. The van der Waals surface area contributed by atoms with Gasteiger partial charge in [0.25, 0.3) is 0 Å². The van der Waals surface area contributed by atoms with Crippen molar-refractivity contribution in [2.24, 2.45) is 0 Å². The van der Waals surface area contributed by atoms with Crippen molar-refractivity contribution >= 4 is 16.6 Å². The monoisotopic (exact) mass is 273 g/mol. The zero-order valence-corrected chi connectivity index (χ0v) is 12.5. The number of para-hydroxylation sites is 1. The van der Waals surface area contributed by atoms with E-state index in [1.54, 1.807) is 6.07 Å². The smallest absolute Gasteiger partial charge is 0.248 e. The fraction of sp³-hybridized carbons (Fsp3) is 0.438. The first kappa shape index (κ1) is 14.6. The molecule has 0 aliphatic heterocycles. The molecule has 1 aromatic carbocycles. The molecule has 0 atom stereocenters. The van der Waals surface area contributed by atoms with E-state index in [9.17, 15) is 4.79 Å². The number of aromatic nitrogens is 1. The minimum Gasteiger partial charge on any atom is -0.382 e. The standard InChI is InChI=1S/C16H23N3O/c1-4-19(5-2)10-9-17-14-8-6-7-13-12(3)11-15(20)18-16(13)14/h6-8,11,17H,4-5,9-10H2,1-3H3,(H,18,20). The summed E-state index contributed by atoms with van der Waals surface area (Å²) in [7, 11) is 0. The number of aryl methyl sites for hydroxylation is 1. The van der Waals surface area contributed by atoms with Gasteiger partial charge in [-0.2, -0.15) is 0 Å². The Bertz CT molecular complexity index is 629. The lowest BCUT2D eigenvalue weighted by atomic mass is 10.1. The summed E-state index contributed by atoms with van der Waals surface area (Å²) in [6.07, 6.45) is 0. The maximum absolute atomic E-state index is 11.6. The molecule has 0 radical (unpaired) electrons. The summed E-state index contributed by atoms with van der Waals surface area (Å²) in [5.41, 5.74) is 2.86. The molecule has 0 aliphatic rings. The highest BCUT2D eigenvalue weighted by molar-refractivity contribution is 5.92. The van der Waals surface area contributed by atoms with Crippen LogP contribution in [0.3, 0.4) is 0 Å². The Labute approximate surface area is 119 Å².